The summed E-state index contributed by atoms with van der Waals surface area (Å²) in [6.07, 6.45) is -4.33. The van der Waals surface area contributed by atoms with Crippen molar-refractivity contribution in [1.82, 2.24) is 29.3 Å². The normalized spacial score (nSPS) is 20.5. The maximum Gasteiger partial charge on any atom is 0.397 e. The molecule has 3 aromatic rings. The number of hydrogen-bond acceptors (Lipinski definition) is 8. The van der Waals surface area contributed by atoms with Crippen LogP contribution >= 0.6 is 13.5 Å². The lowest BCUT2D eigenvalue weighted by Gasteiger charge is -2.34. The van der Waals surface area contributed by atoms with E-state index in [4.69, 9.17) is 11.6 Å². The number of halogens is 3. The van der Waals surface area contributed by atoms with Crippen LogP contribution in [0.2, 0.25) is 0 Å². The van der Waals surface area contributed by atoms with Gasteiger partial charge in [-0.1, -0.05) is 6.85 Å². The second kappa shape index (κ2) is 11.4. The monoisotopic (exact) mass is 641 g/mol. The molecule has 0 saturated carbocycles. The van der Waals surface area contributed by atoms with Crippen molar-refractivity contribution in [3.63, 3.8) is 0 Å². The molecule has 1 aliphatic rings. The highest BCUT2D eigenvalue weighted by Gasteiger charge is 2.48. The van der Waals surface area contributed by atoms with Gasteiger partial charge in [-0.15, -0.1) is 5.10 Å². The third kappa shape index (κ3) is 6.69. The largest absolute Gasteiger partial charge is 0.476 e. The van der Waals surface area contributed by atoms with Gasteiger partial charge in [-0.05, 0) is 59.0 Å². The number of carbonyl (C=O) groups excluding carboxylic acids is 1. The minimum absolute atomic E-state index is 0. The molecule has 1 N–H and O–H groups in total. The average molecular weight is 642 g/mol. The lowest BCUT2D eigenvalue weighted by atomic mass is 9.94. The fourth-order valence-electron chi connectivity index (χ4n) is 4.18. The van der Waals surface area contributed by atoms with Crippen LogP contribution in [0.5, 0.6) is 5.88 Å². The van der Waals surface area contributed by atoms with Crippen molar-refractivity contribution in [2.24, 2.45) is 18.4 Å². The van der Waals surface area contributed by atoms with Crippen LogP contribution in [-0.4, -0.2) is 63.7 Å². The Kier molecular flexibility index (Phi) is 7.18. The number of amides is 1. The molecule has 3 aromatic heterocycles. The first kappa shape index (κ1) is 26.4. The molecular weight excluding hydrogens is 595 g/mol. The Hall–Kier alpha value is -3.27. The topological polar surface area (TPSA) is 124 Å². The Labute approximate surface area is 257 Å². The van der Waals surface area contributed by atoms with Crippen molar-refractivity contribution >= 4 is 35.2 Å². The number of alkyl halides is 3. The minimum Gasteiger partial charge on any atom is -0.476 e. The zero-order chi connectivity index (χ0) is 34.8. The summed E-state index contributed by atoms with van der Waals surface area (Å²) in [5, 5.41) is 8.10. The molecule has 4 rings (SSSR count). The molecule has 1 atom stereocenters. The Morgan fingerprint density at radius 1 is 1.26 bits per heavy atom. The minimum atomic E-state index is -4.54. The highest BCUT2D eigenvalue weighted by atomic mass is 32.2. The van der Waals surface area contributed by atoms with E-state index in [9.17, 15) is 26.4 Å². The van der Waals surface area contributed by atoms with E-state index in [2.05, 4.69) is 15.2 Å². The number of nitrogens with zero attached hydrogens (tertiary/aromatic N) is 6. The summed E-state index contributed by atoms with van der Waals surface area (Å²) in [7, 11) is -2.94. The standard InChI is InChI=1S/C26H34F3N7O4S.H2S/c1-16-12-25(5,6)35(13-16)22-18(23(37)33-41(38,39)19-14-34(7)31-17(19)2)8-9-20(30-22)36-11-10-21(32-36)40-15-24(3,4)26(27,28)29;/h8-11,14,16H,12-13,15H2,1-7H3,(H,33,37);1H2/t16-;/m0./s1/i1T3,12T2;. The first-order valence-electron chi connectivity index (χ1n) is 14.9. The Morgan fingerprint density at radius 3 is 2.52 bits per heavy atom. The van der Waals surface area contributed by atoms with E-state index in [1.807, 2.05) is 4.72 Å². The predicted octanol–water partition coefficient (Wildman–Crippen LogP) is 4.13. The van der Waals surface area contributed by atoms with Crippen LogP contribution < -0.4 is 14.4 Å². The lowest BCUT2D eigenvalue weighted by Crippen LogP contribution is -2.41. The number of aryl methyl sites for hydroxylation is 2. The molecule has 1 amide bonds. The van der Waals surface area contributed by atoms with Crippen molar-refractivity contribution in [3.8, 4) is 11.7 Å². The van der Waals surface area contributed by atoms with Gasteiger partial charge in [-0.25, -0.2) is 22.8 Å². The van der Waals surface area contributed by atoms with Crippen LogP contribution in [0.4, 0.5) is 19.0 Å². The molecule has 16 heteroatoms. The molecule has 0 aromatic carbocycles. The van der Waals surface area contributed by atoms with Crippen molar-refractivity contribution in [2.75, 3.05) is 18.1 Å². The number of sulfonamides is 1. The van der Waals surface area contributed by atoms with E-state index in [0.29, 0.717) is 0 Å². The summed E-state index contributed by atoms with van der Waals surface area (Å²) in [5.41, 5.74) is -3.95. The molecular formula is C26H36F3N7O4S2. The van der Waals surface area contributed by atoms with Crippen molar-refractivity contribution in [3.05, 3.63) is 41.9 Å². The predicted molar refractivity (Wildman–Crippen MR) is 155 cm³/mol. The first-order valence-corrected chi connectivity index (χ1v) is 13.9. The van der Waals surface area contributed by atoms with Crippen LogP contribution in [0, 0.1) is 18.3 Å². The average Bonchev–Trinajstić information content (AvgIpc) is 3.56. The van der Waals surface area contributed by atoms with Gasteiger partial charge in [0.15, 0.2) is 5.82 Å². The lowest BCUT2D eigenvalue weighted by molar-refractivity contribution is -0.219. The Bertz CT molecular complexity index is 1760. The Morgan fingerprint density at radius 2 is 1.95 bits per heavy atom. The van der Waals surface area contributed by atoms with Crippen LogP contribution in [-0.2, 0) is 17.1 Å². The Balaban J connectivity index is 0.00000600. The number of rotatable bonds is 8. The molecule has 0 unspecified atom stereocenters. The highest BCUT2D eigenvalue weighted by molar-refractivity contribution is 7.90. The molecule has 0 radical (unpaired) electrons. The summed E-state index contributed by atoms with van der Waals surface area (Å²) < 4.78 is 117. The van der Waals surface area contributed by atoms with Gasteiger partial charge in [0.05, 0.1) is 16.7 Å². The molecule has 0 spiro atoms. The molecule has 0 aliphatic carbocycles. The molecule has 232 valence electrons. The number of pyridine rings is 1. The van der Waals surface area contributed by atoms with Crippen LogP contribution in [0.25, 0.3) is 5.82 Å². The van der Waals surface area contributed by atoms with Gasteiger partial charge in [-0.3, -0.25) is 9.48 Å². The van der Waals surface area contributed by atoms with E-state index in [0.717, 1.165) is 18.5 Å². The second-order valence-corrected chi connectivity index (χ2v) is 12.5. The molecule has 11 nitrogen and oxygen atoms in total. The summed E-state index contributed by atoms with van der Waals surface area (Å²) in [5.74, 6) is -3.06. The number of carbonyl (C=O) groups is 1. The number of nitrogens with one attached hydrogen (secondary N) is 1. The second-order valence-electron chi connectivity index (χ2n) is 10.9. The highest BCUT2D eigenvalue weighted by Crippen LogP contribution is 2.39. The molecule has 1 fully saturated rings. The van der Waals surface area contributed by atoms with E-state index < -0.39 is 65.4 Å². The number of anilines is 1. The van der Waals surface area contributed by atoms with Crippen molar-refractivity contribution in [1.29, 1.82) is 0 Å². The molecule has 1 aliphatic heterocycles. The van der Waals surface area contributed by atoms with Gasteiger partial charge in [0.25, 0.3) is 15.9 Å². The fraction of sp³-hybridized carbons (Fsp3) is 0.538. The summed E-state index contributed by atoms with van der Waals surface area (Å²) in [6.45, 7) is 2.37. The van der Waals surface area contributed by atoms with E-state index in [1.54, 1.807) is 0 Å². The van der Waals surface area contributed by atoms with Gasteiger partial charge >= 0.3 is 6.18 Å². The maximum absolute atomic E-state index is 13.6. The van der Waals surface area contributed by atoms with E-state index >= 15 is 0 Å². The SMILES string of the molecule is S.[3H]C([3H])([3H])[C@@H]1CN(c2nc(-n3ccc(OCC(C)(C)C(F)(F)F)n3)ccc2C(=O)NS(=O)(=O)c2cn(C)nc2C)C(C)(C)C1([3H])[3H]. The first-order chi connectivity index (χ1) is 20.8. The smallest absolute Gasteiger partial charge is 0.397 e. The quantitative estimate of drug-likeness (QED) is 0.390. The summed E-state index contributed by atoms with van der Waals surface area (Å²) in [4.78, 5) is 19.1. The van der Waals surface area contributed by atoms with Crippen LogP contribution in [0.3, 0.4) is 0 Å². The number of aromatic nitrogens is 5. The third-order valence-electron chi connectivity index (χ3n) is 6.56. The zero-order valence-electron chi connectivity index (χ0n) is 28.7. The fourth-order valence-corrected chi connectivity index (χ4v) is 5.37. The van der Waals surface area contributed by atoms with E-state index in [-0.39, 0.29) is 47.2 Å². The van der Waals surface area contributed by atoms with Crippen molar-refractivity contribution in [2.45, 2.75) is 64.5 Å². The van der Waals surface area contributed by atoms with Crippen LogP contribution in [0.1, 0.15) is 63.8 Å². The zero-order valence-corrected chi connectivity index (χ0v) is 25.6. The van der Waals surface area contributed by atoms with Gasteiger partial charge in [0.2, 0.25) is 5.88 Å². The summed E-state index contributed by atoms with van der Waals surface area (Å²) in [6, 6.07) is 3.79. The van der Waals surface area contributed by atoms with E-state index in [1.165, 1.54) is 68.0 Å². The maximum atomic E-state index is 13.6. The molecule has 1 saturated heterocycles. The molecule has 4 heterocycles. The van der Waals surface area contributed by atoms with Crippen molar-refractivity contribution < 1.29 is 38.0 Å². The van der Waals surface area contributed by atoms with Gasteiger partial charge in [0.1, 0.15) is 17.3 Å². The van der Waals surface area contributed by atoms with Gasteiger partial charge in [0, 0.05) is 44.4 Å². The third-order valence-corrected chi connectivity index (χ3v) is 7.99. The number of ether oxygens (including phenoxy) is 1. The summed E-state index contributed by atoms with van der Waals surface area (Å²) >= 11 is 0. The number of hydrogen-bond donors (Lipinski definition) is 1. The molecule has 42 heavy (non-hydrogen) atoms. The van der Waals surface area contributed by atoms with Gasteiger partial charge in [-0.2, -0.15) is 31.8 Å². The molecule has 0 bridgehead atoms. The van der Waals surface area contributed by atoms with Crippen LogP contribution in [0.15, 0.2) is 35.5 Å². The van der Waals surface area contributed by atoms with Gasteiger partial charge < -0.3 is 9.64 Å².